The van der Waals surface area contributed by atoms with Gasteiger partial charge >= 0.3 is 0 Å². The largest absolute Gasteiger partial charge is 0.381 e. The molecule has 0 saturated carbocycles. The number of amides is 1. The lowest BCUT2D eigenvalue weighted by Crippen LogP contribution is -2.13. The Balaban J connectivity index is 1.51. The van der Waals surface area contributed by atoms with Crippen molar-refractivity contribution in [2.75, 3.05) is 11.9 Å². The summed E-state index contributed by atoms with van der Waals surface area (Å²) in [5.74, 6) is 0.423. The third kappa shape index (κ3) is 3.33. The van der Waals surface area contributed by atoms with Gasteiger partial charge in [-0.2, -0.15) is 0 Å². The number of hydrogen-bond acceptors (Lipinski definition) is 3. The minimum Gasteiger partial charge on any atom is -0.381 e. The van der Waals surface area contributed by atoms with Crippen LogP contribution in [-0.2, 0) is 11.3 Å². The van der Waals surface area contributed by atoms with Gasteiger partial charge < -0.3 is 10.6 Å². The molecule has 1 amide bonds. The van der Waals surface area contributed by atoms with Crippen LogP contribution in [0.2, 0.25) is 0 Å². The minimum atomic E-state index is 0.142. The fraction of sp³-hybridized carbons (Fsp3) is 0.238. The summed E-state index contributed by atoms with van der Waals surface area (Å²) in [6.07, 6.45) is 2.42. The van der Waals surface area contributed by atoms with Crippen molar-refractivity contribution in [3.63, 3.8) is 0 Å². The van der Waals surface area contributed by atoms with E-state index >= 15 is 0 Å². The quantitative estimate of drug-likeness (QED) is 0.765. The molecule has 0 radical (unpaired) electrons. The minimum absolute atomic E-state index is 0.142. The molecule has 25 heavy (non-hydrogen) atoms. The van der Waals surface area contributed by atoms with Crippen molar-refractivity contribution in [2.24, 2.45) is 0 Å². The van der Waals surface area contributed by atoms with Crippen LogP contribution in [0.4, 0.5) is 5.69 Å². The number of nitrogens with zero attached hydrogens (tertiary/aromatic N) is 1. The van der Waals surface area contributed by atoms with E-state index in [-0.39, 0.29) is 11.8 Å². The van der Waals surface area contributed by atoms with Crippen LogP contribution in [0.1, 0.15) is 29.0 Å². The Morgan fingerprint density at radius 2 is 2.12 bits per heavy atom. The SMILES string of the molecule is Cc1cc(CNc2cccc(C3CNC(=O)C3)c2)cc2cccnc12. The van der Waals surface area contributed by atoms with Crippen molar-refractivity contribution in [2.45, 2.75) is 25.8 Å². The molecule has 3 aromatic rings. The fourth-order valence-corrected chi connectivity index (χ4v) is 3.50. The zero-order valence-electron chi connectivity index (χ0n) is 14.3. The Kier molecular flexibility index (Phi) is 4.10. The van der Waals surface area contributed by atoms with Gasteiger partial charge in [0, 0.05) is 42.7 Å². The lowest BCUT2D eigenvalue weighted by atomic mass is 9.98. The standard InChI is InChI=1S/C21H21N3O/c1-14-8-15(9-17-5-3-7-22-21(14)17)12-23-19-6-2-4-16(10-19)18-11-20(25)24-13-18/h2-10,18,23H,11-13H2,1H3,(H,24,25). The maximum Gasteiger partial charge on any atom is 0.220 e. The maximum absolute atomic E-state index is 11.4. The molecular formula is C21H21N3O. The number of hydrogen-bond donors (Lipinski definition) is 2. The Morgan fingerprint density at radius 3 is 2.96 bits per heavy atom. The summed E-state index contributed by atoms with van der Waals surface area (Å²) in [5, 5.41) is 7.58. The third-order valence-corrected chi connectivity index (χ3v) is 4.79. The summed E-state index contributed by atoms with van der Waals surface area (Å²) in [4.78, 5) is 15.9. The molecule has 2 N–H and O–H groups in total. The van der Waals surface area contributed by atoms with Crippen molar-refractivity contribution in [3.05, 3.63) is 71.4 Å². The summed E-state index contributed by atoms with van der Waals surface area (Å²) >= 11 is 0. The second kappa shape index (κ2) is 6.55. The molecule has 4 rings (SSSR count). The number of fused-ring (bicyclic) bond motifs is 1. The topological polar surface area (TPSA) is 54.0 Å². The molecule has 1 aliphatic heterocycles. The van der Waals surface area contributed by atoms with E-state index in [1.165, 1.54) is 22.1 Å². The van der Waals surface area contributed by atoms with Crippen LogP contribution in [0.3, 0.4) is 0 Å². The lowest BCUT2D eigenvalue weighted by molar-refractivity contribution is -0.119. The van der Waals surface area contributed by atoms with Gasteiger partial charge in [0.2, 0.25) is 5.91 Å². The highest BCUT2D eigenvalue weighted by atomic mass is 16.1. The summed E-state index contributed by atoms with van der Waals surface area (Å²) in [5.41, 5.74) is 5.79. The normalized spacial score (nSPS) is 16.8. The molecule has 1 fully saturated rings. The number of carbonyl (C=O) groups is 1. The second-order valence-corrected chi connectivity index (χ2v) is 6.67. The number of nitrogens with one attached hydrogen (secondary N) is 2. The molecule has 0 aliphatic carbocycles. The summed E-state index contributed by atoms with van der Waals surface area (Å²) in [6, 6.07) is 16.8. The first-order valence-electron chi connectivity index (χ1n) is 8.64. The van der Waals surface area contributed by atoms with Gasteiger partial charge in [-0.25, -0.2) is 0 Å². The number of rotatable bonds is 4. The monoisotopic (exact) mass is 331 g/mol. The number of carbonyl (C=O) groups excluding carboxylic acids is 1. The highest BCUT2D eigenvalue weighted by Crippen LogP contribution is 2.26. The molecule has 0 bridgehead atoms. The summed E-state index contributed by atoms with van der Waals surface area (Å²) < 4.78 is 0. The number of benzene rings is 2. The zero-order valence-corrected chi connectivity index (χ0v) is 14.3. The number of aryl methyl sites for hydroxylation is 1. The Labute approximate surface area is 147 Å². The van der Waals surface area contributed by atoms with Crippen LogP contribution in [0.5, 0.6) is 0 Å². The summed E-state index contributed by atoms with van der Waals surface area (Å²) in [7, 11) is 0. The smallest absolute Gasteiger partial charge is 0.220 e. The predicted molar refractivity (Wildman–Crippen MR) is 101 cm³/mol. The number of aromatic nitrogens is 1. The molecule has 1 aliphatic rings. The van der Waals surface area contributed by atoms with Gasteiger partial charge in [0.1, 0.15) is 0 Å². The van der Waals surface area contributed by atoms with Crippen molar-refractivity contribution in [3.8, 4) is 0 Å². The van der Waals surface area contributed by atoms with Crippen molar-refractivity contribution < 1.29 is 4.79 Å². The molecule has 1 aromatic heterocycles. The second-order valence-electron chi connectivity index (χ2n) is 6.67. The molecule has 1 atom stereocenters. The van der Waals surface area contributed by atoms with Crippen LogP contribution >= 0.6 is 0 Å². The first kappa shape index (κ1) is 15.6. The maximum atomic E-state index is 11.4. The van der Waals surface area contributed by atoms with E-state index in [2.05, 4.69) is 65.0 Å². The molecule has 1 unspecified atom stereocenters. The highest BCUT2D eigenvalue weighted by molar-refractivity contribution is 5.82. The molecule has 2 aromatic carbocycles. The van der Waals surface area contributed by atoms with E-state index in [1.54, 1.807) is 0 Å². The van der Waals surface area contributed by atoms with Crippen molar-refractivity contribution in [1.29, 1.82) is 0 Å². The van der Waals surface area contributed by atoms with Gasteiger partial charge in [0.15, 0.2) is 0 Å². The van der Waals surface area contributed by atoms with E-state index in [1.807, 2.05) is 12.3 Å². The van der Waals surface area contributed by atoms with Crippen molar-refractivity contribution >= 4 is 22.5 Å². The summed E-state index contributed by atoms with van der Waals surface area (Å²) in [6.45, 7) is 3.60. The molecule has 0 spiro atoms. The first-order chi connectivity index (χ1) is 12.2. The van der Waals surface area contributed by atoms with E-state index in [0.29, 0.717) is 6.42 Å². The van der Waals surface area contributed by atoms with Crippen LogP contribution < -0.4 is 10.6 Å². The average Bonchev–Trinajstić information content (AvgIpc) is 3.07. The van der Waals surface area contributed by atoms with Crippen LogP contribution in [0.25, 0.3) is 10.9 Å². The molecule has 4 nitrogen and oxygen atoms in total. The fourth-order valence-electron chi connectivity index (χ4n) is 3.50. The van der Waals surface area contributed by atoms with Gasteiger partial charge in [-0.1, -0.05) is 24.3 Å². The van der Waals surface area contributed by atoms with Gasteiger partial charge in [-0.05, 0) is 47.9 Å². The number of pyridine rings is 1. The zero-order chi connectivity index (χ0) is 17.2. The molecular weight excluding hydrogens is 310 g/mol. The van der Waals surface area contributed by atoms with Gasteiger partial charge in [0.25, 0.3) is 0 Å². The first-order valence-corrected chi connectivity index (χ1v) is 8.64. The molecule has 1 saturated heterocycles. The lowest BCUT2D eigenvalue weighted by Gasteiger charge is -2.12. The van der Waals surface area contributed by atoms with E-state index in [9.17, 15) is 4.79 Å². The van der Waals surface area contributed by atoms with E-state index < -0.39 is 0 Å². The Bertz CT molecular complexity index is 935. The number of anilines is 1. The highest BCUT2D eigenvalue weighted by Gasteiger charge is 2.22. The predicted octanol–water partition coefficient (Wildman–Crippen LogP) is 3.76. The van der Waals surface area contributed by atoms with E-state index in [4.69, 9.17) is 0 Å². The Hall–Kier alpha value is -2.88. The van der Waals surface area contributed by atoms with Crippen LogP contribution in [0, 0.1) is 6.92 Å². The van der Waals surface area contributed by atoms with Gasteiger partial charge in [-0.15, -0.1) is 0 Å². The van der Waals surface area contributed by atoms with Gasteiger partial charge in [-0.3, -0.25) is 9.78 Å². The van der Waals surface area contributed by atoms with Crippen LogP contribution in [0.15, 0.2) is 54.7 Å². The third-order valence-electron chi connectivity index (χ3n) is 4.79. The van der Waals surface area contributed by atoms with Gasteiger partial charge in [0.05, 0.1) is 5.52 Å². The van der Waals surface area contributed by atoms with Crippen LogP contribution in [-0.4, -0.2) is 17.4 Å². The van der Waals surface area contributed by atoms with Crippen molar-refractivity contribution in [1.82, 2.24) is 10.3 Å². The molecule has 126 valence electrons. The Morgan fingerprint density at radius 1 is 1.20 bits per heavy atom. The van der Waals surface area contributed by atoms with E-state index in [0.717, 1.165) is 24.3 Å². The average molecular weight is 331 g/mol. The molecule has 4 heteroatoms. The molecule has 2 heterocycles.